The summed E-state index contributed by atoms with van der Waals surface area (Å²) in [4.78, 5) is 28.5. The van der Waals surface area contributed by atoms with Gasteiger partial charge in [0.2, 0.25) is 5.91 Å². The number of fused-ring (bicyclic) bond motifs is 1. The molecule has 0 unspecified atom stereocenters. The zero-order valence-corrected chi connectivity index (χ0v) is 10.8. The first-order valence-corrected chi connectivity index (χ1v) is 5.28. The van der Waals surface area contributed by atoms with Gasteiger partial charge in [0.05, 0.1) is 11.9 Å². The van der Waals surface area contributed by atoms with Gasteiger partial charge in [-0.05, 0) is 12.1 Å². The molecule has 3 rings (SSSR count). The molecule has 3 aromatic rings. The Morgan fingerprint density at radius 1 is 1.19 bits per heavy atom. The largest absolute Gasteiger partial charge is 0.412 e. The summed E-state index contributed by atoms with van der Waals surface area (Å²) in [6.07, 6.45) is 5.95. The minimum absolute atomic E-state index is 0. The van der Waals surface area contributed by atoms with Crippen molar-refractivity contribution in [2.75, 3.05) is 5.73 Å². The third kappa shape index (κ3) is 4.49. The molecule has 10 nitrogen and oxygen atoms in total. The lowest BCUT2D eigenvalue weighted by atomic mass is 10.3. The molecule has 0 aliphatic carbocycles. The SMILES string of the molecule is NC(=O)c1cccnc1.Nc1ncnc2nc[nH]c12.O.O. The lowest BCUT2D eigenvalue weighted by Gasteiger charge is -1.89. The van der Waals surface area contributed by atoms with E-state index in [0.29, 0.717) is 22.5 Å². The van der Waals surface area contributed by atoms with E-state index in [1.165, 1.54) is 18.9 Å². The van der Waals surface area contributed by atoms with Gasteiger partial charge in [0.15, 0.2) is 11.5 Å². The number of nitrogens with one attached hydrogen (secondary N) is 1. The Kier molecular flexibility index (Phi) is 6.93. The van der Waals surface area contributed by atoms with Crippen LogP contribution in [0.1, 0.15) is 10.4 Å². The van der Waals surface area contributed by atoms with Crippen LogP contribution in [-0.2, 0) is 0 Å². The second-order valence-electron chi connectivity index (χ2n) is 3.47. The Bertz CT molecular complexity index is 686. The molecule has 112 valence electrons. The monoisotopic (exact) mass is 293 g/mol. The third-order valence-corrected chi connectivity index (χ3v) is 2.20. The van der Waals surface area contributed by atoms with E-state index in [9.17, 15) is 4.79 Å². The van der Waals surface area contributed by atoms with Crippen molar-refractivity contribution in [3.8, 4) is 0 Å². The number of nitrogen functional groups attached to an aromatic ring is 1. The van der Waals surface area contributed by atoms with Gasteiger partial charge in [-0.15, -0.1) is 0 Å². The summed E-state index contributed by atoms with van der Waals surface area (Å²) in [7, 11) is 0. The minimum atomic E-state index is -0.442. The molecule has 1 amide bonds. The highest BCUT2D eigenvalue weighted by atomic mass is 16.1. The number of aromatic amines is 1. The standard InChI is InChI=1S/C6H6N2O.C5H5N5.2H2O/c7-6(9)5-2-1-3-8-4-5;6-4-3-5(9-1-7-3)10-2-8-4;;/h1-4H,(H2,7,9);1-2H,(H3,6,7,8,9,10);2*1H2. The van der Waals surface area contributed by atoms with Crippen LogP contribution < -0.4 is 11.5 Å². The fourth-order valence-electron chi connectivity index (χ4n) is 1.29. The molecule has 0 bridgehead atoms. The highest BCUT2D eigenvalue weighted by molar-refractivity contribution is 5.92. The Balaban J connectivity index is 0.000000350. The van der Waals surface area contributed by atoms with Crippen LogP contribution in [0.15, 0.2) is 37.2 Å². The number of amides is 1. The number of anilines is 1. The first-order valence-electron chi connectivity index (χ1n) is 5.28. The van der Waals surface area contributed by atoms with Crippen molar-refractivity contribution >= 4 is 22.9 Å². The van der Waals surface area contributed by atoms with Gasteiger partial charge in [0, 0.05) is 12.4 Å². The van der Waals surface area contributed by atoms with Gasteiger partial charge in [0.25, 0.3) is 0 Å². The maximum atomic E-state index is 10.4. The topological polar surface area (TPSA) is 199 Å². The van der Waals surface area contributed by atoms with Gasteiger partial charge in [-0.1, -0.05) is 0 Å². The van der Waals surface area contributed by atoms with E-state index >= 15 is 0 Å². The zero-order valence-electron chi connectivity index (χ0n) is 10.8. The number of pyridine rings is 1. The average molecular weight is 293 g/mol. The van der Waals surface area contributed by atoms with E-state index in [-0.39, 0.29) is 11.0 Å². The number of H-pyrrole nitrogens is 1. The fraction of sp³-hybridized carbons (Fsp3) is 0. The van der Waals surface area contributed by atoms with Crippen LogP contribution in [-0.4, -0.2) is 41.8 Å². The molecule has 21 heavy (non-hydrogen) atoms. The first-order chi connectivity index (χ1) is 9.18. The summed E-state index contributed by atoms with van der Waals surface area (Å²) in [5.41, 5.74) is 12.2. The van der Waals surface area contributed by atoms with Crippen LogP contribution >= 0.6 is 0 Å². The van der Waals surface area contributed by atoms with Crippen molar-refractivity contribution in [2.24, 2.45) is 5.73 Å². The van der Waals surface area contributed by atoms with Gasteiger partial charge >= 0.3 is 0 Å². The molecular formula is C11H15N7O3. The first kappa shape index (κ1) is 17.9. The molecule has 0 aliphatic heterocycles. The number of rotatable bonds is 1. The molecular weight excluding hydrogens is 278 g/mol. The van der Waals surface area contributed by atoms with E-state index in [0.717, 1.165) is 0 Å². The Morgan fingerprint density at radius 3 is 2.48 bits per heavy atom. The molecule has 0 radical (unpaired) electrons. The van der Waals surface area contributed by atoms with Gasteiger partial charge in [-0.2, -0.15) is 0 Å². The molecule has 0 saturated carbocycles. The number of nitrogens with zero attached hydrogens (tertiary/aromatic N) is 4. The predicted molar refractivity (Wildman–Crippen MR) is 76.1 cm³/mol. The van der Waals surface area contributed by atoms with E-state index in [1.54, 1.807) is 18.3 Å². The van der Waals surface area contributed by atoms with Crippen LogP contribution in [0.25, 0.3) is 11.2 Å². The summed E-state index contributed by atoms with van der Waals surface area (Å²) in [6.45, 7) is 0. The average Bonchev–Trinajstić information content (AvgIpc) is 2.90. The van der Waals surface area contributed by atoms with Gasteiger partial charge in [0.1, 0.15) is 11.8 Å². The van der Waals surface area contributed by atoms with E-state index < -0.39 is 5.91 Å². The summed E-state index contributed by atoms with van der Waals surface area (Å²) >= 11 is 0. The summed E-state index contributed by atoms with van der Waals surface area (Å²) in [5.74, 6) is -0.00870. The number of carbonyl (C=O) groups is 1. The number of carbonyl (C=O) groups excluding carboxylic acids is 1. The number of primary amides is 1. The highest BCUT2D eigenvalue weighted by Crippen LogP contribution is 2.09. The number of imidazole rings is 1. The molecule has 0 aromatic carbocycles. The molecule has 3 aromatic heterocycles. The molecule has 10 heteroatoms. The minimum Gasteiger partial charge on any atom is -0.412 e. The fourth-order valence-corrected chi connectivity index (χ4v) is 1.29. The summed E-state index contributed by atoms with van der Waals surface area (Å²) in [5, 5.41) is 0. The second kappa shape index (κ2) is 8.14. The normalized spacial score (nSPS) is 8.76. The summed E-state index contributed by atoms with van der Waals surface area (Å²) in [6, 6.07) is 3.29. The van der Waals surface area contributed by atoms with Gasteiger partial charge in [-0.25, -0.2) is 15.0 Å². The van der Waals surface area contributed by atoms with Crippen molar-refractivity contribution in [3.63, 3.8) is 0 Å². The van der Waals surface area contributed by atoms with Crippen molar-refractivity contribution in [3.05, 3.63) is 42.7 Å². The molecule has 0 saturated heterocycles. The smallest absolute Gasteiger partial charge is 0.250 e. The van der Waals surface area contributed by atoms with Crippen LogP contribution in [0.3, 0.4) is 0 Å². The van der Waals surface area contributed by atoms with E-state index in [2.05, 4.69) is 24.9 Å². The van der Waals surface area contributed by atoms with Crippen molar-refractivity contribution in [1.29, 1.82) is 0 Å². The Morgan fingerprint density at radius 2 is 1.95 bits per heavy atom. The second-order valence-corrected chi connectivity index (χ2v) is 3.47. The zero-order chi connectivity index (χ0) is 13.7. The molecule has 0 aliphatic rings. The van der Waals surface area contributed by atoms with Crippen molar-refractivity contribution in [2.45, 2.75) is 0 Å². The molecule has 0 fully saturated rings. The molecule has 0 atom stereocenters. The number of aromatic nitrogens is 5. The Labute approximate surface area is 118 Å². The maximum absolute atomic E-state index is 10.4. The van der Waals surface area contributed by atoms with Crippen molar-refractivity contribution < 1.29 is 15.7 Å². The predicted octanol–water partition coefficient (Wildman–Crippen LogP) is -1.53. The molecule has 9 N–H and O–H groups in total. The number of hydrogen-bond donors (Lipinski definition) is 3. The van der Waals surface area contributed by atoms with E-state index in [1.807, 2.05) is 0 Å². The summed E-state index contributed by atoms with van der Waals surface area (Å²) < 4.78 is 0. The van der Waals surface area contributed by atoms with Crippen LogP contribution in [0.2, 0.25) is 0 Å². The van der Waals surface area contributed by atoms with Crippen LogP contribution in [0, 0.1) is 0 Å². The molecule has 0 spiro atoms. The lowest BCUT2D eigenvalue weighted by Crippen LogP contribution is -2.10. The maximum Gasteiger partial charge on any atom is 0.250 e. The van der Waals surface area contributed by atoms with Crippen LogP contribution in [0.4, 0.5) is 5.82 Å². The van der Waals surface area contributed by atoms with Gasteiger partial charge < -0.3 is 27.4 Å². The van der Waals surface area contributed by atoms with Crippen LogP contribution in [0.5, 0.6) is 0 Å². The molecule has 3 heterocycles. The van der Waals surface area contributed by atoms with Gasteiger partial charge in [-0.3, -0.25) is 9.78 Å². The highest BCUT2D eigenvalue weighted by Gasteiger charge is 1.99. The number of hydrogen-bond acceptors (Lipinski definition) is 6. The lowest BCUT2D eigenvalue weighted by molar-refractivity contribution is 0.1000. The van der Waals surface area contributed by atoms with Crippen molar-refractivity contribution in [1.82, 2.24) is 24.9 Å². The number of nitrogens with two attached hydrogens (primary N) is 2. The van der Waals surface area contributed by atoms with E-state index in [4.69, 9.17) is 11.5 Å². The Hall–Kier alpha value is -3.11. The quantitative estimate of drug-likeness (QED) is 0.485. The third-order valence-electron chi connectivity index (χ3n) is 2.20.